The van der Waals surface area contributed by atoms with Gasteiger partial charge in [0.25, 0.3) is 5.91 Å². The van der Waals surface area contributed by atoms with Crippen molar-refractivity contribution in [1.82, 2.24) is 20.3 Å². The van der Waals surface area contributed by atoms with Crippen molar-refractivity contribution in [1.29, 1.82) is 0 Å². The summed E-state index contributed by atoms with van der Waals surface area (Å²) in [5.74, 6) is 0.469. The Balaban J connectivity index is 1.61. The number of aromatic nitrogens is 3. The number of halogens is 1. The molecule has 2 aromatic heterocycles. The molecule has 1 saturated heterocycles. The molecule has 2 N–H and O–H groups in total. The molecule has 0 aromatic carbocycles. The lowest BCUT2D eigenvalue weighted by molar-refractivity contribution is 0.0254. The second-order valence-corrected chi connectivity index (χ2v) is 6.29. The summed E-state index contributed by atoms with van der Waals surface area (Å²) in [6.07, 6.45) is 5.38. The van der Waals surface area contributed by atoms with Gasteiger partial charge in [-0.1, -0.05) is 0 Å². The highest BCUT2D eigenvalue weighted by molar-refractivity contribution is 5.93. The molecule has 8 heteroatoms. The minimum absolute atomic E-state index is 0.109. The van der Waals surface area contributed by atoms with Gasteiger partial charge in [-0.05, 0) is 31.9 Å². The van der Waals surface area contributed by atoms with E-state index in [1.807, 2.05) is 4.90 Å². The Hall–Kier alpha value is -2.61. The maximum atomic E-state index is 13.0. The Morgan fingerprint density at radius 3 is 2.76 bits per heavy atom. The fourth-order valence-electron chi connectivity index (χ4n) is 2.86. The van der Waals surface area contributed by atoms with Crippen molar-refractivity contribution in [3.8, 4) is 0 Å². The van der Waals surface area contributed by atoms with Crippen LogP contribution in [0.2, 0.25) is 0 Å². The number of amides is 1. The first kappa shape index (κ1) is 17.2. The smallest absolute Gasteiger partial charge is 0.254 e. The van der Waals surface area contributed by atoms with Crippen LogP contribution in [0.1, 0.15) is 29.0 Å². The van der Waals surface area contributed by atoms with Crippen molar-refractivity contribution in [2.75, 3.05) is 24.5 Å². The molecule has 7 nitrogen and oxygen atoms in total. The average molecular weight is 345 g/mol. The molecule has 0 radical (unpaired) electrons. The lowest BCUT2D eigenvalue weighted by Crippen LogP contribution is -2.54. The van der Waals surface area contributed by atoms with E-state index in [4.69, 9.17) is 0 Å². The molecule has 1 fully saturated rings. The summed E-state index contributed by atoms with van der Waals surface area (Å²) in [5, 5.41) is 13.5. The van der Waals surface area contributed by atoms with Crippen LogP contribution in [0.4, 0.5) is 10.2 Å². The number of carbonyl (C=O) groups is 1. The molecule has 0 spiro atoms. The zero-order valence-electron chi connectivity index (χ0n) is 13.9. The Labute approximate surface area is 144 Å². The number of rotatable bonds is 4. The molecule has 132 valence electrons. The van der Waals surface area contributed by atoms with Crippen molar-refractivity contribution >= 4 is 11.7 Å². The second-order valence-electron chi connectivity index (χ2n) is 6.29. The van der Waals surface area contributed by atoms with Crippen LogP contribution in [0, 0.1) is 12.7 Å². The maximum Gasteiger partial charge on any atom is 0.254 e. The maximum absolute atomic E-state index is 13.0. The van der Waals surface area contributed by atoms with Crippen LogP contribution in [-0.2, 0) is 0 Å². The predicted molar refractivity (Wildman–Crippen MR) is 89.7 cm³/mol. The number of hydrogen-bond acceptors (Lipinski definition) is 6. The van der Waals surface area contributed by atoms with E-state index >= 15 is 0 Å². The van der Waals surface area contributed by atoms with Gasteiger partial charge in [-0.15, -0.1) is 0 Å². The number of aliphatic hydroxyl groups is 1. The summed E-state index contributed by atoms with van der Waals surface area (Å²) in [4.78, 5) is 26.1. The van der Waals surface area contributed by atoms with E-state index < -0.39 is 11.4 Å². The van der Waals surface area contributed by atoms with Gasteiger partial charge in [0.15, 0.2) is 0 Å². The van der Waals surface area contributed by atoms with Crippen LogP contribution in [0.5, 0.6) is 0 Å². The van der Waals surface area contributed by atoms with E-state index in [0.29, 0.717) is 30.2 Å². The summed E-state index contributed by atoms with van der Waals surface area (Å²) in [5.41, 5.74) is -0.725. The summed E-state index contributed by atoms with van der Waals surface area (Å²) in [6.45, 7) is 2.89. The standard InChI is InChI=1S/C17H20FN5O2/c1-12-19-7-13(8-20-12)16(24)22-10-17(25)5-2-6-23(11-17)15-4-3-14(18)9-21-15/h3-4,7-9,25H,2,5-6,10-11H2,1H3,(H,22,24)/t17-/m0/s1. The molecule has 0 bridgehead atoms. The number of pyridine rings is 1. The van der Waals surface area contributed by atoms with Crippen LogP contribution in [0.15, 0.2) is 30.7 Å². The number of nitrogens with one attached hydrogen (secondary N) is 1. The summed E-state index contributed by atoms with van der Waals surface area (Å²) < 4.78 is 13.0. The molecule has 1 atom stereocenters. The molecule has 0 aliphatic carbocycles. The van der Waals surface area contributed by atoms with Crippen LogP contribution in [0.25, 0.3) is 0 Å². The fourth-order valence-corrected chi connectivity index (χ4v) is 2.86. The zero-order chi connectivity index (χ0) is 17.9. The summed E-state index contributed by atoms with van der Waals surface area (Å²) in [6, 6.07) is 2.93. The van der Waals surface area contributed by atoms with Gasteiger partial charge in [0, 0.05) is 32.0 Å². The zero-order valence-corrected chi connectivity index (χ0v) is 13.9. The predicted octanol–water partition coefficient (Wildman–Crippen LogP) is 1.08. The molecular weight excluding hydrogens is 325 g/mol. The van der Waals surface area contributed by atoms with Gasteiger partial charge in [0.05, 0.1) is 17.4 Å². The van der Waals surface area contributed by atoms with E-state index in [1.54, 1.807) is 13.0 Å². The van der Waals surface area contributed by atoms with Crippen LogP contribution in [0.3, 0.4) is 0 Å². The van der Waals surface area contributed by atoms with Crippen LogP contribution < -0.4 is 10.2 Å². The highest BCUT2D eigenvalue weighted by atomic mass is 19.1. The molecule has 1 amide bonds. The quantitative estimate of drug-likeness (QED) is 0.862. The van der Waals surface area contributed by atoms with Gasteiger partial charge < -0.3 is 15.3 Å². The fraction of sp³-hybridized carbons (Fsp3) is 0.412. The molecule has 1 aliphatic heterocycles. The molecular formula is C17H20FN5O2. The largest absolute Gasteiger partial charge is 0.386 e. The van der Waals surface area contributed by atoms with E-state index in [-0.39, 0.29) is 12.5 Å². The van der Waals surface area contributed by atoms with E-state index in [1.165, 1.54) is 18.5 Å². The van der Waals surface area contributed by atoms with Gasteiger partial charge in [-0.2, -0.15) is 0 Å². The van der Waals surface area contributed by atoms with Gasteiger partial charge in [0.1, 0.15) is 17.5 Å². The number of aryl methyl sites for hydroxylation is 1. The summed E-state index contributed by atoms with van der Waals surface area (Å²) in [7, 11) is 0. The monoisotopic (exact) mass is 345 g/mol. The first-order valence-corrected chi connectivity index (χ1v) is 8.11. The second kappa shape index (κ2) is 7.10. The Bertz CT molecular complexity index is 738. The first-order chi connectivity index (χ1) is 12.0. The van der Waals surface area contributed by atoms with Crippen molar-refractivity contribution in [3.05, 3.63) is 47.9 Å². The lowest BCUT2D eigenvalue weighted by Gasteiger charge is -2.39. The number of piperidine rings is 1. The number of carbonyl (C=O) groups excluding carboxylic acids is 1. The summed E-state index contributed by atoms with van der Waals surface area (Å²) >= 11 is 0. The van der Waals surface area contributed by atoms with Gasteiger partial charge >= 0.3 is 0 Å². The molecule has 1 aliphatic rings. The van der Waals surface area contributed by atoms with Gasteiger partial charge in [-0.3, -0.25) is 4.79 Å². The van der Waals surface area contributed by atoms with Crippen molar-refractivity contribution in [2.24, 2.45) is 0 Å². The lowest BCUT2D eigenvalue weighted by atomic mass is 9.92. The third-order valence-electron chi connectivity index (χ3n) is 4.21. The van der Waals surface area contributed by atoms with Crippen molar-refractivity contribution < 1.29 is 14.3 Å². The molecule has 3 rings (SSSR count). The molecule has 0 unspecified atom stereocenters. The normalized spacial score (nSPS) is 20.4. The third kappa shape index (κ3) is 4.27. The first-order valence-electron chi connectivity index (χ1n) is 8.11. The van der Waals surface area contributed by atoms with Crippen LogP contribution >= 0.6 is 0 Å². The topological polar surface area (TPSA) is 91.2 Å². The highest BCUT2D eigenvalue weighted by Crippen LogP contribution is 2.24. The Morgan fingerprint density at radius 2 is 2.08 bits per heavy atom. The van der Waals surface area contributed by atoms with Crippen molar-refractivity contribution in [2.45, 2.75) is 25.4 Å². The minimum atomic E-state index is -1.07. The molecule has 2 aromatic rings. The number of nitrogens with zero attached hydrogens (tertiary/aromatic N) is 4. The molecule has 0 saturated carbocycles. The van der Waals surface area contributed by atoms with E-state index in [0.717, 1.165) is 19.2 Å². The number of hydrogen-bond donors (Lipinski definition) is 2. The Morgan fingerprint density at radius 1 is 1.32 bits per heavy atom. The van der Waals surface area contributed by atoms with Crippen LogP contribution in [-0.4, -0.2) is 51.2 Å². The van der Waals surface area contributed by atoms with Crippen molar-refractivity contribution in [3.63, 3.8) is 0 Å². The van der Waals surface area contributed by atoms with Gasteiger partial charge in [0.2, 0.25) is 0 Å². The average Bonchev–Trinajstić information content (AvgIpc) is 2.61. The molecule has 25 heavy (non-hydrogen) atoms. The van der Waals surface area contributed by atoms with Gasteiger partial charge in [-0.25, -0.2) is 19.3 Å². The minimum Gasteiger partial charge on any atom is -0.386 e. The SMILES string of the molecule is Cc1ncc(C(=O)NC[C@@]2(O)CCCN(c3ccc(F)cn3)C2)cn1. The third-order valence-corrected chi connectivity index (χ3v) is 4.21. The highest BCUT2D eigenvalue weighted by Gasteiger charge is 2.34. The molecule has 3 heterocycles. The number of anilines is 1. The Kier molecular flexibility index (Phi) is 4.89. The number of β-amino-alcohol motifs (C(OH)–C–C–N with tert-alkyl or cyclic N) is 1. The van der Waals surface area contributed by atoms with E-state index in [2.05, 4.69) is 20.3 Å². The van der Waals surface area contributed by atoms with E-state index in [9.17, 15) is 14.3 Å².